The van der Waals surface area contributed by atoms with Crippen LogP contribution in [0.3, 0.4) is 0 Å². The molecule has 0 aliphatic heterocycles. The zero-order chi connectivity index (χ0) is 15.6. The highest BCUT2D eigenvalue weighted by atomic mass is 16.3. The number of benzene rings is 2. The molecule has 0 aliphatic carbocycles. The van der Waals surface area contributed by atoms with Crippen LogP contribution in [-0.4, -0.2) is 30.6 Å². The minimum absolute atomic E-state index is 0.198. The van der Waals surface area contributed by atoms with Gasteiger partial charge in [-0.1, -0.05) is 0 Å². The second kappa shape index (κ2) is 5.40. The van der Waals surface area contributed by atoms with Crippen LogP contribution in [0.4, 0.5) is 0 Å². The first-order chi connectivity index (χ1) is 9.91. The lowest BCUT2D eigenvalue weighted by Gasteiger charge is -2.03. The Hall–Kier alpha value is -3.24. The SMILES string of the molecule is Oc1ccc(C=C=Cc2ccc(O)c(O)c2O)c(O)c1O. The number of hydrogen-bond donors (Lipinski definition) is 6. The van der Waals surface area contributed by atoms with Crippen LogP contribution in [0, 0.1) is 0 Å². The maximum absolute atomic E-state index is 9.59. The third kappa shape index (κ3) is 2.70. The molecular formula is C15H12O6. The van der Waals surface area contributed by atoms with Gasteiger partial charge in [0.1, 0.15) is 0 Å². The van der Waals surface area contributed by atoms with E-state index in [0.717, 1.165) is 0 Å². The molecule has 2 rings (SSSR count). The molecule has 0 atom stereocenters. The predicted octanol–water partition coefficient (Wildman–Crippen LogP) is 2.25. The Morgan fingerprint density at radius 3 is 1.33 bits per heavy atom. The third-order valence-electron chi connectivity index (χ3n) is 2.80. The van der Waals surface area contributed by atoms with Crippen molar-refractivity contribution in [3.8, 4) is 34.5 Å². The van der Waals surface area contributed by atoms with Crippen LogP contribution in [0.1, 0.15) is 11.1 Å². The summed E-state index contributed by atoms with van der Waals surface area (Å²) in [6.45, 7) is 0. The Morgan fingerprint density at radius 2 is 0.952 bits per heavy atom. The lowest BCUT2D eigenvalue weighted by Crippen LogP contribution is -1.77. The van der Waals surface area contributed by atoms with Gasteiger partial charge in [0, 0.05) is 11.1 Å². The molecule has 0 aromatic heterocycles. The molecule has 0 heterocycles. The van der Waals surface area contributed by atoms with E-state index >= 15 is 0 Å². The minimum Gasteiger partial charge on any atom is -0.504 e. The fourth-order valence-corrected chi connectivity index (χ4v) is 1.62. The number of phenolic OH excluding ortho intramolecular Hbond substituents is 6. The first-order valence-electron chi connectivity index (χ1n) is 5.82. The molecule has 6 nitrogen and oxygen atoms in total. The molecule has 21 heavy (non-hydrogen) atoms. The second-order valence-corrected chi connectivity index (χ2v) is 4.20. The van der Waals surface area contributed by atoms with Gasteiger partial charge in [0.15, 0.2) is 23.0 Å². The highest BCUT2D eigenvalue weighted by Crippen LogP contribution is 2.38. The summed E-state index contributed by atoms with van der Waals surface area (Å²) in [5, 5.41) is 56.3. The fourth-order valence-electron chi connectivity index (χ4n) is 1.62. The summed E-state index contributed by atoms with van der Waals surface area (Å²) in [5.41, 5.74) is 3.03. The van der Waals surface area contributed by atoms with Crippen molar-refractivity contribution in [2.45, 2.75) is 0 Å². The zero-order valence-corrected chi connectivity index (χ0v) is 10.6. The van der Waals surface area contributed by atoms with Crippen LogP contribution in [0.15, 0.2) is 30.0 Å². The highest BCUT2D eigenvalue weighted by Gasteiger charge is 2.09. The Morgan fingerprint density at radius 1 is 0.571 bits per heavy atom. The van der Waals surface area contributed by atoms with Crippen LogP contribution in [-0.2, 0) is 0 Å². The van der Waals surface area contributed by atoms with Crippen LogP contribution in [0.2, 0.25) is 0 Å². The van der Waals surface area contributed by atoms with E-state index in [0.29, 0.717) is 0 Å². The molecule has 6 N–H and O–H groups in total. The van der Waals surface area contributed by atoms with Crippen LogP contribution in [0.5, 0.6) is 34.5 Å². The molecule has 0 fully saturated rings. The number of phenols is 6. The molecule has 2 aromatic rings. The maximum atomic E-state index is 9.59. The average molecular weight is 288 g/mol. The van der Waals surface area contributed by atoms with E-state index in [-0.39, 0.29) is 11.1 Å². The van der Waals surface area contributed by atoms with Gasteiger partial charge in [-0.3, -0.25) is 0 Å². The van der Waals surface area contributed by atoms with E-state index in [1.807, 2.05) is 0 Å². The Labute approximate surface area is 119 Å². The molecule has 0 radical (unpaired) electrons. The maximum Gasteiger partial charge on any atom is 0.200 e. The van der Waals surface area contributed by atoms with Crippen molar-refractivity contribution < 1.29 is 30.6 Å². The first kappa shape index (κ1) is 14.2. The van der Waals surface area contributed by atoms with Gasteiger partial charge in [0.25, 0.3) is 0 Å². The zero-order valence-electron chi connectivity index (χ0n) is 10.6. The summed E-state index contributed by atoms with van der Waals surface area (Å²) < 4.78 is 0. The van der Waals surface area contributed by atoms with Crippen LogP contribution < -0.4 is 0 Å². The molecular weight excluding hydrogens is 276 g/mol. The van der Waals surface area contributed by atoms with Gasteiger partial charge in [-0.25, -0.2) is 0 Å². The molecule has 0 saturated heterocycles. The molecule has 0 unspecified atom stereocenters. The number of rotatable bonds is 2. The number of aromatic hydroxyl groups is 6. The summed E-state index contributed by atoms with van der Waals surface area (Å²) >= 11 is 0. The van der Waals surface area contributed by atoms with E-state index in [9.17, 15) is 30.6 Å². The summed E-state index contributed by atoms with van der Waals surface area (Å²) in [6.07, 6.45) is 2.61. The molecule has 0 aliphatic rings. The molecule has 0 saturated carbocycles. The Kier molecular flexibility index (Phi) is 3.65. The van der Waals surface area contributed by atoms with Gasteiger partial charge in [-0.2, -0.15) is 0 Å². The Bertz CT molecular complexity index is 696. The van der Waals surface area contributed by atoms with E-state index in [2.05, 4.69) is 5.73 Å². The molecule has 2 aromatic carbocycles. The van der Waals surface area contributed by atoms with E-state index < -0.39 is 34.5 Å². The average Bonchev–Trinajstić information content (AvgIpc) is 2.47. The third-order valence-corrected chi connectivity index (χ3v) is 2.80. The fraction of sp³-hybridized carbons (Fsp3) is 0. The van der Waals surface area contributed by atoms with E-state index in [4.69, 9.17) is 0 Å². The molecule has 0 spiro atoms. The van der Waals surface area contributed by atoms with Crippen LogP contribution in [0.25, 0.3) is 12.2 Å². The molecule has 0 amide bonds. The van der Waals surface area contributed by atoms with Crippen molar-refractivity contribution in [1.29, 1.82) is 0 Å². The largest absolute Gasteiger partial charge is 0.504 e. The van der Waals surface area contributed by atoms with Gasteiger partial charge in [-0.05, 0) is 36.4 Å². The monoisotopic (exact) mass is 288 g/mol. The normalized spacial score (nSPS) is 9.90. The number of hydrogen-bond acceptors (Lipinski definition) is 6. The predicted molar refractivity (Wildman–Crippen MR) is 75.3 cm³/mol. The summed E-state index contributed by atoms with van der Waals surface area (Å²) in [7, 11) is 0. The van der Waals surface area contributed by atoms with Gasteiger partial charge in [0.2, 0.25) is 11.5 Å². The van der Waals surface area contributed by atoms with Crippen LogP contribution >= 0.6 is 0 Å². The minimum atomic E-state index is -0.643. The van der Waals surface area contributed by atoms with E-state index in [1.54, 1.807) is 0 Å². The van der Waals surface area contributed by atoms with Crippen molar-refractivity contribution in [2.75, 3.05) is 0 Å². The van der Waals surface area contributed by atoms with Crippen molar-refractivity contribution in [2.24, 2.45) is 0 Å². The lowest BCUT2D eigenvalue weighted by atomic mass is 10.1. The van der Waals surface area contributed by atoms with Crippen molar-refractivity contribution in [3.05, 3.63) is 41.1 Å². The standard InChI is InChI=1S/C15H12O6/c16-10-6-4-8(12(18)14(10)20)2-1-3-9-5-7-11(17)15(21)13(9)19/h2-7,16-21H. The summed E-state index contributed by atoms with van der Waals surface area (Å²) in [6, 6.07) is 5.12. The van der Waals surface area contributed by atoms with Gasteiger partial charge >= 0.3 is 0 Å². The smallest absolute Gasteiger partial charge is 0.200 e. The van der Waals surface area contributed by atoms with Gasteiger partial charge < -0.3 is 30.6 Å². The summed E-state index contributed by atoms with van der Waals surface area (Å²) in [4.78, 5) is 0. The van der Waals surface area contributed by atoms with Crippen molar-refractivity contribution in [1.82, 2.24) is 0 Å². The molecule has 6 heteroatoms. The van der Waals surface area contributed by atoms with Gasteiger partial charge in [-0.15, -0.1) is 5.73 Å². The molecule has 0 bridgehead atoms. The lowest BCUT2D eigenvalue weighted by molar-refractivity contribution is 0.367. The Balaban J connectivity index is 2.38. The first-order valence-corrected chi connectivity index (χ1v) is 5.82. The molecule has 108 valence electrons. The topological polar surface area (TPSA) is 121 Å². The quantitative estimate of drug-likeness (QED) is 0.372. The second-order valence-electron chi connectivity index (χ2n) is 4.20. The van der Waals surface area contributed by atoms with Crippen molar-refractivity contribution >= 4 is 12.2 Å². The summed E-state index contributed by atoms with van der Waals surface area (Å²) in [5.74, 6) is -3.20. The van der Waals surface area contributed by atoms with E-state index in [1.165, 1.54) is 36.4 Å². The van der Waals surface area contributed by atoms with Gasteiger partial charge in [0.05, 0.1) is 0 Å². The van der Waals surface area contributed by atoms with Crippen molar-refractivity contribution in [3.63, 3.8) is 0 Å². The highest BCUT2D eigenvalue weighted by molar-refractivity contribution is 5.69.